The molecule has 1 heterocycles. The van der Waals surface area contributed by atoms with Crippen molar-refractivity contribution in [1.29, 1.82) is 0 Å². The average Bonchev–Trinajstić information content (AvgIpc) is 2.46. The smallest absolute Gasteiger partial charge is 0.298 e. The van der Waals surface area contributed by atoms with Crippen molar-refractivity contribution in [3.8, 4) is 11.8 Å². The second kappa shape index (κ2) is 9.38. The minimum absolute atomic E-state index is 0.0803. The Morgan fingerprint density at radius 3 is 2.65 bits per heavy atom. The van der Waals surface area contributed by atoms with Crippen molar-refractivity contribution in [3.05, 3.63) is 0 Å². The summed E-state index contributed by atoms with van der Waals surface area (Å²) in [6, 6.07) is 0. The van der Waals surface area contributed by atoms with Crippen LogP contribution < -0.4 is 5.32 Å². The highest BCUT2D eigenvalue weighted by Gasteiger charge is 2.22. The highest BCUT2D eigenvalue weighted by Crippen LogP contribution is 2.21. The summed E-state index contributed by atoms with van der Waals surface area (Å²) in [7, 11) is 1.62. The van der Waals surface area contributed by atoms with E-state index in [9.17, 15) is 9.59 Å². The molecule has 0 aromatic rings. The second-order valence-corrected chi connectivity index (χ2v) is 4.99. The van der Waals surface area contributed by atoms with Crippen molar-refractivity contribution in [2.75, 3.05) is 33.4 Å². The van der Waals surface area contributed by atoms with Gasteiger partial charge in [0.2, 0.25) is 5.91 Å². The summed E-state index contributed by atoms with van der Waals surface area (Å²) < 4.78 is 4.88. The zero-order chi connectivity index (χ0) is 14.8. The van der Waals surface area contributed by atoms with Crippen LogP contribution in [0.5, 0.6) is 0 Å². The first-order valence-electron chi connectivity index (χ1n) is 7.14. The Kier molecular flexibility index (Phi) is 7.74. The summed E-state index contributed by atoms with van der Waals surface area (Å²) in [4.78, 5) is 25.0. The average molecular weight is 280 g/mol. The van der Waals surface area contributed by atoms with Crippen molar-refractivity contribution in [2.45, 2.75) is 32.6 Å². The molecule has 0 saturated carbocycles. The van der Waals surface area contributed by atoms with Crippen LogP contribution in [0.2, 0.25) is 0 Å². The number of likely N-dealkylation sites (tertiary alicyclic amines) is 1. The second-order valence-electron chi connectivity index (χ2n) is 4.99. The predicted octanol–water partition coefficient (Wildman–Crippen LogP) is 0.791. The van der Waals surface area contributed by atoms with E-state index in [2.05, 4.69) is 17.2 Å². The van der Waals surface area contributed by atoms with E-state index in [4.69, 9.17) is 4.74 Å². The van der Waals surface area contributed by atoms with Crippen LogP contribution in [0.4, 0.5) is 0 Å². The first kappa shape index (κ1) is 16.5. The number of ether oxygens (including phenoxy) is 1. The van der Waals surface area contributed by atoms with E-state index in [1.54, 1.807) is 18.9 Å². The molecular weight excluding hydrogens is 256 g/mol. The third-order valence-electron chi connectivity index (χ3n) is 3.54. The number of carbonyl (C=O) groups is 2. The van der Waals surface area contributed by atoms with Gasteiger partial charge in [0, 0.05) is 33.2 Å². The molecule has 0 atom stereocenters. The zero-order valence-electron chi connectivity index (χ0n) is 12.4. The van der Waals surface area contributed by atoms with Gasteiger partial charge in [-0.1, -0.05) is 5.92 Å². The molecule has 2 amide bonds. The molecule has 1 N–H and O–H groups in total. The molecule has 0 aliphatic carbocycles. The van der Waals surface area contributed by atoms with Gasteiger partial charge in [-0.3, -0.25) is 9.59 Å². The van der Waals surface area contributed by atoms with Crippen molar-refractivity contribution in [2.24, 2.45) is 5.92 Å². The molecular formula is C15H24N2O3. The molecule has 20 heavy (non-hydrogen) atoms. The van der Waals surface area contributed by atoms with Crippen LogP contribution in [0.25, 0.3) is 0 Å². The molecule has 0 radical (unpaired) electrons. The molecule has 112 valence electrons. The van der Waals surface area contributed by atoms with Crippen LogP contribution >= 0.6 is 0 Å². The molecule has 0 bridgehead atoms. The number of nitrogens with zero attached hydrogens (tertiary/aromatic N) is 1. The fourth-order valence-electron chi connectivity index (χ4n) is 2.33. The topological polar surface area (TPSA) is 58.6 Å². The molecule has 0 spiro atoms. The van der Waals surface area contributed by atoms with Gasteiger partial charge in [0.05, 0.1) is 6.61 Å². The lowest BCUT2D eigenvalue weighted by molar-refractivity contribution is -0.127. The van der Waals surface area contributed by atoms with Gasteiger partial charge >= 0.3 is 0 Å². The van der Waals surface area contributed by atoms with Gasteiger partial charge in [-0.15, -0.1) is 0 Å². The van der Waals surface area contributed by atoms with Crippen molar-refractivity contribution in [3.63, 3.8) is 0 Å². The minimum atomic E-state index is -0.0803. The maximum absolute atomic E-state index is 11.6. The van der Waals surface area contributed by atoms with Crippen LogP contribution in [0.1, 0.15) is 32.6 Å². The summed E-state index contributed by atoms with van der Waals surface area (Å²) in [5, 5.41) is 2.82. The molecule has 5 heteroatoms. The summed E-state index contributed by atoms with van der Waals surface area (Å²) in [5.41, 5.74) is 0. The van der Waals surface area contributed by atoms with Gasteiger partial charge < -0.3 is 15.0 Å². The summed E-state index contributed by atoms with van der Waals surface area (Å²) >= 11 is 0. The van der Waals surface area contributed by atoms with E-state index in [0.29, 0.717) is 25.5 Å². The lowest BCUT2D eigenvalue weighted by Crippen LogP contribution is -2.38. The normalized spacial score (nSPS) is 15.4. The number of carbonyl (C=O) groups excluding carboxylic acids is 2. The summed E-state index contributed by atoms with van der Waals surface area (Å²) in [6.45, 7) is 4.29. The van der Waals surface area contributed by atoms with Crippen molar-refractivity contribution in [1.82, 2.24) is 10.2 Å². The van der Waals surface area contributed by atoms with Crippen molar-refractivity contribution >= 4 is 11.8 Å². The maximum atomic E-state index is 11.6. The number of hydrogen-bond acceptors (Lipinski definition) is 3. The fourth-order valence-corrected chi connectivity index (χ4v) is 2.33. The molecule has 0 unspecified atom stereocenters. The monoisotopic (exact) mass is 280 g/mol. The Balaban J connectivity index is 2.17. The summed E-state index contributed by atoms with van der Waals surface area (Å²) in [5.74, 6) is 5.74. The van der Waals surface area contributed by atoms with Gasteiger partial charge in [-0.05, 0) is 38.0 Å². The Morgan fingerprint density at radius 2 is 2.05 bits per heavy atom. The number of nitrogens with one attached hydrogen (secondary N) is 1. The number of piperidine rings is 1. The van der Waals surface area contributed by atoms with Crippen LogP contribution in [-0.4, -0.2) is 50.1 Å². The Morgan fingerprint density at radius 1 is 1.35 bits per heavy atom. The number of hydrogen-bond donors (Lipinski definition) is 1. The van der Waals surface area contributed by atoms with Crippen LogP contribution in [-0.2, 0) is 14.3 Å². The largest absolute Gasteiger partial charge is 0.383 e. The number of methoxy groups -OCH3 is 1. The summed E-state index contributed by atoms with van der Waals surface area (Å²) in [6.07, 6.45) is 3.36. The molecule has 1 fully saturated rings. The van der Waals surface area contributed by atoms with E-state index < -0.39 is 0 Å². The molecule has 5 nitrogen and oxygen atoms in total. The van der Waals surface area contributed by atoms with E-state index in [-0.39, 0.29) is 11.8 Å². The van der Waals surface area contributed by atoms with Gasteiger partial charge in [0.25, 0.3) is 5.91 Å². The SMILES string of the molecule is CC#CC(=O)N1CCC(CCC(=O)NCCOC)CC1. The standard InChI is InChI=1S/C15H24N2O3/c1-3-4-15(19)17-10-7-13(8-11-17)5-6-14(18)16-9-12-20-2/h13H,5-12H2,1-2H3,(H,16,18). The molecule has 0 aromatic carbocycles. The number of rotatable bonds is 6. The minimum Gasteiger partial charge on any atom is -0.383 e. The van der Waals surface area contributed by atoms with Crippen LogP contribution in [0.15, 0.2) is 0 Å². The van der Waals surface area contributed by atoms with Gasteiger partial charge in [0.1, 0.15) is 0 Å². The predicted molar refractivity (Wildman–Crippen MR) is 76.9 cm³/mol. The highest BCUT2D eigenvalue weighted by molar-refractivity contribution is 5.93. The van der Waals surface area contributed by atoms with E-state index in [1.807, 2.05) is 0 Å². The third kappa shape index (κ3) is 6.07. The number of amides is 2. The lowest BCUT2D eigenvalue weighted by Gasteiger charge is -2.30. The molecule has 1 rings (SSSR count). The Bertz CT molecular complexity index is 376. The third-order valence-corrected chi connectivity index (χ3v) is 3.54. The van der Waals surface area contributed by atoms with E-state index in [0.717, 1.165) is 32.4 Å². The first-order chi connectivity index (χ1) is 9.67. The quantitative estimate of drug-likeness (QED) is 0.578. The highest BCUT2D eigenvalue weighted by atomic mass is 16.5. The van der Waals surface area contributed by atoms with Gasteiger partial charge in [-0.25, -0.2) is 0 Å². The molecule has 1 saturated heterocycles. The fraction of sp³-hybridized carbons (Fsp3) is 0.733. The van der Waals surface area contributed by atoms with Crippen LogP contribution in [0.3, 0.4) is 0 Å². The Hall–Kier alpha value is -1.54. The maximum Gasteiger partial charge on any atom is 0.298 e. The molecule has 0 aromatic heterocycles. The van der Waals surface area contributed by atoms with Crippen LogP contribution in [0, 0.1) is 17.8 Å². The van der Waals surface area contributed by atoms with Gasteiger partial charge in [0.15, 0.2) is 0 Å². The van der Waals surface area contributed by atoms with E-state index >= 15 is 0 Å². The van der Waals surface area contributed by atoms with E-state index in [1.165, 1.54) is 0 Å². The molecule has 1 aliphatic rings. The van der Waals surface area contributed by atoms with Crippen molar-refractivity contribution < 1.29 is 14.3 Å². The van der Waals surface area contributed by atoms with Gasteiger partial charge in [-0.2, -0.15) is 0 Å². The zero-order valence-corrected chi connectivity index (χ0v) is 12.4. The Labute approximate surface area is 121 Å². The first-order valence-corrected chi connectivity index (χ1v) is 7.14. The molecule has 1 aliphatic heterocycles. The lowest BCUT2D eigenvalue weighted by atomic mass is 9.92.